The van der Waals surface area contributed by atoms with Crippen LogP contribution in [0.5, 0.6) is 0 Å². The number of carbonyl (C=O) groups is 3. The van der Waals surface area contributed by atoms with Crippen LogP contribution in [0.2, 0.25) is 0 Å². The van der Waals surface area contributed by atoms with Crippen LogP contribution in [0.15, 0.2) is 36.5 Å². The maximum Gasteiger partial charge on any atom is 0.306 e. The lowest BCUT2D eigenvalue weighted by molar-refractivity contribution is -0.167. The van der Waals surface area contributed by atoms with Crippen LogP contribution in [0.3, 0.4) is 0 Å². The predicted octanol–water partition coefficient (Wildman–Crippen LogP) is 25.5. The van der Waals surface area contributed by atoms with Crippen molar-refractivity contribution in [2.45, 2.75) is 419 Å². The predicted molar refractivity (Wildman–Crippen MR) is 358 cm³/mol. The molecule has 0 radical (unpaired) electrons. The van der Waals surface area contributed by atoms with E-state index in [1.54, 1.807) is 0 Å². The molecule has 0 heterocycles. The number of carbonyl (C=O) groups excluding carboxylic acids is 3. The van der Waals surface area contributed by atoms with Gasteiger partial charge in [-0.05, 0) is 77.0 Å². The van der Waals surface area contributed by atoms with Crippen molar-refractivity contribution >= 4 is 17.9 Å². The standard InChI is InChI=1S/C76H142O6/c1-4-7-10-13-16-19-22-25-28-30-31-32-33-34-35-36-37-38-39-40-41-42-43-44-46-48-51-54-57-60-63-66-69-75(78)81-72-73(71-80-74(77)68-65-62-59-56-53-50-47-27-24-21-18-15-12-9-6-3)82-76(79)70-67-64-61-58-55-52-49-45-29-26-23-20-17-14-11-8-5-2/h17,20,26-27,29,47,73H,4-16,18-19,21-25,28,30-46,48-72H2,1-3H3/b20-17-,29-26-,47-27-. The van der Waals surface area contributed by atoms with Gasteiger partial charge in [-0.15, -0.1) is 0 Å². The number of ether oxygens (including phenoxy) is 3. The van der Waals surface area contributed by atoms with Crippen molar-refractivity contribution in [3.05, 3.63) is 36.5 Å². The zero-order valence-corrected chi connectivity index (χ0v) is 55.5. The molecule has 0 aromatic carbocycles. The molecule has 0 aliphatic heterocycles. The van der Waals surface area contributed by atoms with Gasteiger partial charge in [0.1, 0.15) is 13.2 Å². The molecule has 0 fully saturated rings. The Morgan fingerprint density at radius 3 is 0.707 bits per heavy atom. The number of unbranched alkanes of at least 4 members (excludes halogenated alkanes) is 52. The molecule has 0 aromatic rings. The molecule has 0 aliphatic rings. The third kappa shape index (κ3) is 68.4. The maximum absolute atomic E-state index is 12.9. The van der Waals surface area contributed by atoms with E-state index >= 15 is 0 Å². The summed E-state index contributed by atoms with van der Waals surface area (Å²) < 4.78 is 17.0. The second-order valence-electron chi connectivity index (χ2n) is 25.2. The maximum atomic E-state index is 12.9. The van der Waals surface area contributed by atoms with Crippen molar-refractivity contribution < 1.29 is 28.6 Å². The van der Waals surface area contributed by atoms with E-state index in [0.717, 1.165) is 77.0 Å². The molecule has 0 saturated carbocycles. The largest absolute Gasteiger partial charge is 0.462 e. The molecule has 1 atom stereocenters. The number of allylic oxidation sites excluding steroid dienone is 6. The molecule has 82 heavy (non-hydrogen) atoms. The van der Waals surface area contributed by atoms with Gasteiger partial charge in [-0.3, -0.25) is 14.4 Å². The Bertz CT molecular complexity index is 1370. The third-order valence-electron chi connectivity index (χ3n) is 16.9. The highest BCUT2D eigenvalue weighted by atomic mass is 16.6. The van der Waals surface area contributed by atoms with Gasteiger partial charge in [0.15, 0.2) is 6.10 Å². The zero-order valence-electron chi connectivity index (χ0n) is 55.5. The molecule has 0 aliphatic carbocycles. The molecule has 0 aromatic heterocycles. The van der Waals surface area contributed by atoms with Crippen molar-refractivity contribution in [3.8, 4) is 0 Å². The van der Waals surface area contributed by atoms with Gasteiger partial charge in [0, 0.05) is 19.3 Å². The van der Waals surface area contributed by atoms with Crippen LogP contribution in [0.1, 0.15) is 412 Å². The molecule has 6 nitrogen and oxygen atoms in total. The fraction of sp³-hybridized carbons (Fsp3) is 0.882. The average Bonchev–Trinajstić information content (AvgIpc) is 3.47. The SMILES string of the molecule is CCCCC/C=C\C/C=C\CCCCCCCCCC(=O)OC(COC(=O)CCCCCCC/C=C\CCCCCCCC)COC(=O)CCCCCCCCCCCCCCCCCCCCCCCCCCCCCCCCCC. The molecular weight excluding hydrogens is 1010 g/mol. The first-order valence-corrected chi connectivity index (χ1v) is 37.0. The van der Waals surface area contributed by atoms with E-state index < -0.39 is 6.10 Å². The molecule has 0 bridgehead atoms. The summed E-state index contributed by atoms with van der Waals surface area (Å²) in [7, 11) is 0. The molecule has 1 unspecified atom stereocenters. The number of rotatable bonds is 69. The van der Waals surface area contributed by atoms with Crippen molar-refractivity contribution in [1.82, 2.24) is 0 Å². The summed E-state index contributed by atoms with van der Waals surface area (Å²) in [6, 6.07) is 0. The molecule has 0 N–H and O–H groups in total. The monoisotopic (exact) mass is 1150 g/mol. The highest BCUT2D eigenvalue weighted by Crippen LogP contribution is 2.19. The van der Waals surface area contributed by atoms with E-state index in [4.69, 9.17) is 14.2 Å². The Hall–Kier alpha value is -2.37. The Morgan fingerprint density at radius 2 is 0.439 bits per heavy atom. The average molecular weight is 1150 g/mol. The first kappa shape index (κ1) is 79.6. The quantitative estimate of drug-likeness (QED) is 0.0261. The molecule has 0 amide bonds. The minimum absolute atomic E-state index is 0.0736. The molecule has 0 rings (SSSR count). The van der Waals surface area contributed by atoms with Gasteiger partial charge >= 0.3 is 17.9 Å². The molecule has 0 saturated heterocycles. The van der Waals surface area contributed by atoms with Crippen molar-refractivity contribution in [1.29, 1.82) is 0 Å². The summed E-state index contributed by atoms with van der Waals surface area (Å²) in [5.41, 5.74) is 0. The first-order chi connectivity index (χ1) is 40.5. The lowest BCUT2D eigenvalue weighted by Crippen LogP contribution is -2.30. The normalized spacial score (nSPS) is 12.2. The van der Waals surface area contributed by atoms with Gasteiger partial charge in [0.05, 0.1) is 0 Å². The second-order valence-corrected chi connectivity index (χ2v) is 25.2. The van der Waals surface area contributed by atoms with Gasteiger partial charge in [-0.25, -0.2) is 0 Å². The van der Waals surface area contributed by atoms with E-state index in [2.05, 4.69) is 57.2 Å². The summed E-state index contributed by atoms with van der Waals surface area (Å²) in [4.78, 5) is 38.4. The van der Waals surface area contributed by atoms with Gasteiger partial charge in [-0.2, -0.15) is 0 Å². The summed E-state index contributed by atoms with van der Waals surface area (Å²) in [6.45, 7) is 6.67. The van der Waals surface area contributed by atoms with Crippen LogP contribution < -0.4 is 0 Å². The van der Waals surface area contributed by atoms with Gasteiger partial charge in [0.25, 0.3) is 0 Å². The van der Waals surface area contributed by atoms with E-state index in [0.29, 0.717) is 19.3 Å². The van der Waals surface area contributed by atoms with Gasteiger partial charge in [-0.1, -0.05) is 353 Å². The van der Waals surface area contributed by atoms with Gasteiger partial charge < -0.3 is 14.2 Å². The first-order valence-electron chi connectivity index (χ1n) is 37.0. The number of hydrogen-bond acceptors (Lipinski definition) is 6. The van der Waals surface area contributed by atoms with Crippen molar-refractivity contribution in [2.75, 3.05) is 13.2 Å². The second kappa shape index (κ2) is 71.1. The van der Waals surface area contributed by atoms with Crippen LogP contribution in [0.25, 0.3) is 0 Å². The Balaban J connectivity index is 4.14. The highest BCUT2D eigenvalue weighted by Gasteiger charge is 2.19. The minimum atomic E-state index is -0.779. The summed E-state index contributed by atoms with van der Waals surface area (Å²) >= 11 is 0. The Morgan fingerprint density at radius 1 is 0.244 bits per heavy atom. The summed E-state index contributed by atoms with van der Waals surface area (Å²) in [5, 5.41) is 0. The molecule has 6 heteroatoms. The number of hydrogen-bond donors (Lipinski definition) is 0. The van der Waals surface area contributed by atoms with E-state index in [9.17, 15) is 14.4 Å². The fourth-order valence-electron chi connectivity index (χ4n) is 11.3. The smallest absolute Gasteiger partial charge is 0.306 e. The van der Waals surface area contributed by atoms with E-state index in [1.165, 1.54) is 295 Å². The highest BCUT2D eigenvalue weighted by molar-refractivity contribution is 5.71. The van der Waals surface area contributed by atoms with E-state index in [-0.39, 0.29) is 31.1 Å². The van der Waals surface area contributed by atoms with Crippen LogP contribution in [0, 0.1) is 0 Å². The molecule has 0 spiro atoms. The Kier molecular flexibility index (Phi) is 69.1. The van der Waals surface area contributed by atoms with Crippen LogP contribution >= 0.6 is 0 Å². The molecular formula is C76H142O6. The molecule has 482 valence electrons. The van der Waals surface area contributed by atoms with Crippen molar-refractivity contribution in [3.63, 3.8) is 0 Å². The van der Waals surface area contributed by atoms with Gasteiger partial charge in [0.2, 0.25) is 0 Å². The van der Waals surface area contributed by atoms with Crippen LogP contribution in [0.4, 0.5) is 0 Å². The fourth-order valence-corrected chi connectivity index (χ4v) is 11.3. The summed E-state index contributed by atoms with van der Waals surface area (Å²) in [6.07, 6.45) is 89.1. The topological polar surface area (TPSA) is 78.9 Å². The number of esters is 3. The van der Waals surface area contributed by atoms with Crippen molar-refractivity contribution in [2.24, 2.45) is 0 Å². The lowest BCUT2D eigenvalue weighted by Gasteiger charge is -2.18. The summed E-state index contributed by atoms with van der Waals surface area (Å²) in [5.74, 6) is -0.862. The van der Waals surface area contributed by atoms with Crippen LogP contribution in [-0.4, -0.2) is 37.2 Å². The zero-order chi connectivity index (χ0) is 59.2. The van der Waals surface area contributed by atoms with Crippen LogP contribution in [-0.2, 0) is 28.6 Å². The lowest BCUT2D eigenvalue weighted by atomic mass is 10.0. The Labute approximate surface area is 512 Å². The van der Waals surface area contributed by atoms with E-state index in [1.807, 2.05) is 0 Å². The minimum Gasteiger partial charge on any atom is -0.462 e. The third-order valence-corrected chi connectivity index (χ3v) is 16.9.